The molecule has 0 heterocycles. The minimum Gasteiger partial charge on any atom is -0.254 e. The Morgan fingerprint density at radius 1 is 0.571 bits per heavy atom. The molecule has 2 nitrogen and oxygen atoms in total. The lowest BCUT2D eigenvalue weighted by Crippen LogP contribution is -2.01. The second kappa shape index (κ2) is 8.90. The van der Waals surface area contributed by atoms with Gasteiger partial charge in [-0.25, -0.2) is 0 Å². The molecule has 112 valence electrons. The Morgan fingerprint density at radius 2 is 0.952 bits per heavy atom. The van der Waals surface area contributed by atoms with Gasteiger partial charge in [0.1, 0.15) is 0 Å². The molecule has 0 spiro atoms. The highest BCUT2D eigenvalue weighted by Crippen LogP contribution is 2.11. The van der Waals surface area contributed by atoms with Gasteiger partial charge in [-0.2, -0.15) is 0 Å². The summed E-state index contributed by atoms with van der Waals surface area (Å²) in [4.78, 5) is 1.79. The first-order valence-corrected chi connectivity index (χ1v) is 9.78. The van der Waals surface area contributed by atoms with Crippen LogP contribution in [-0.4, -0.2) is 19.9 Å². The highest BCUT2D eigenvalue weighted by atomic mass is 32.2. The Bertz CT molecular complexity index is 529. The molecule has 0 saturated carbocycles. The van der Waals surface area contributed by atoms with Gasteiger partial charge in [-0.15, -0.1) is 0 Å². The summed E-state index contributed by atoms with van der Waals surface area (Å²) < 4.78 is 24.0. The Balaban J connectivity index is 1.64. The average molecular weight is 320 g/mol. The fourth-order valence-corrected chi connectivity index (χ4v) is 4.35. The zero-order valence-corrected chi connectivity index (χ0v) is 13.6. The molecule has 2 unspecified atom stereocenters. The molecule has 0 amide bonds. The van der Waals surface area contributed by atoms with Crippen LogP contribution in [0.4, 0.5) is 0 Å². The van der Waals surface area contributed by atoms with Crippen LogP contribution in [0.15, 0.2) is 70.5 Å². The van der Waals surface area contributed by atoms with Crippen molar-refractivity contribution in [3.8, 4) is 0 Å². The minimum absolute atomic E-state index is 0.683. The maximum atomic E-state index is 12.0. The molecule has 0 aliphatic rings. The second-order valence-electron chi connectivity index (χ2n) is 4.79. The predicted molar refractivity (Wildman–Crippen MR) is 89.3 cm³/mol. The van der Waals surface area contributed by atoms with Crippen molar-refractivity contribution < 1.29 is 8.42 Å². The summed E-state index contributed by atoms with van der Waals surface area (Å²) in [6.45, 7) is 0. The van der Waals surface area contributed by atoms with Gasteiger partial charge in [-0.1, -0.05) is 42.8 Å². The normalized spacial score (nSPS) is 13.7. The summed E-state index contributed by atoms with van der Waals surface area (Å²) in [6, 6.07) is 19.1. The fraction of sp³-hybridized carbons (Fsp3) is 0.294. The van der Waals surface area contributed by atoms with Crippen molar-refractivity contribution in [3.63, 3.8) is 0 Å². The van der Waals surface area contributed by atoms with Crippen molar-refractivity contribution in [1.29, 1.82) is 0 Å². The first kappa shape index (κ1) is 16.1. The van der Waals surface area contributed by atoms with Gasteiger partial charge in [-0.3, -0.25) is 8.42 Å². The van der Waals surface area contributed by atoms with E-state index in [1.807, 2.05) is 60.7 Å². The second-order valence-corrected chi connectivity index (χ2v) is 7.93. The number of unbranched alkanes of at least 4 members (excludes halogenated alkanes) is 2. The number of hydrogen-bond donors (Lipinski definition) is 0. The summed E-state index contributed by atoms with van der Waals surface area (Å²) in [5.74, 6) is 1.37. The van der Waals surface area contributed by atoms with Crippen LogP contribution in [0.1, 0.15) is 19.3 Å². The van der Waals surface area contributed by atoms with Crippen molar-refractivity contribution in [2.45, 2.75) is 29.1 Å². The summed E-state index contributed by atoms with van der Waals surface area (Å²) >= 11 is 0. The number of rotatable bonds is 8. The van der Waals surface area contributed by atoms with E-state index < -0.39 is 21.6 Å². The van der Waals surface area contributed by atoms with Crippen LogP contribution in [0.5, 0.6) is 0 Å². The van der Waals surface area contributed by atoms with Crippen LogP contribution in [0.2, 0.25) is 0 Å². The molecule has 2 rings (SSSR count). The van der Waals surface area contributed by atoms with E-state index in [0.29, 0.717) is 11.5 Å². The SMILES string of the molecule is O=S(CCCCCS(=O)c1ccccc1)c1ccccc1. The molecule has 0 N–H and O–H groups in total. The standard InChI is InChI=1S/C17H20O2S2/c18-20(16-10-4-1-5-11-16)14-8-3-9-15-21(19)17-12-6-2-7-13-17/h1-2,4-7,10-13H,3,8-9,14-15H2. The van der Waals surface area contributed by atoms with Gasteiger partial charge in [0.25, 0.3) is 0 Å². The topological polar surface area (TPSA) is 34.1 Å². The van der Waals surface area contributed by atoms with E-state index in [2.05, 4.69) is 0 Å². The van der Waals surface area contributed by atoms with Crippen molar-refractivity contribution in [2.24, 2.45) is 0 Å². The third kappa shape index (κ3) is 5.56. The lowest BCUT2D eigenvalue weighted by Gasteiger charge is -2.03. The van der Waals surface area contributed by atoms with Crippen LogP contribution < -0.4 is 0 Å². The molecule has 2 atom stereocenters. The maximum absolute atomic E-state index is 12.0. The van der Waals surface area contributed by atoms with Crippen molar-refractivity contribution in [1.82, 2.24) is 0 Å². The summed E-state index contributed by atoms with van der Waals surface area (Å²) in [6.07, 6.45) is 2.79. The molecule has 0 aliphatic heterocycles. The van der Waals surface area contributed by atoms with Crippen LogP contribution in [0.3, 0.4) is 0 Å². The third-order valence-corrected chi connectivity index (χ3v) is 6.09. The van der Waals surface area contributed by atoms with Crippen LogP contribution in [0.25, 0.3) is 0 Å². The number of benzene rings is 2. The van der Waals surface area contributed by atoms with Gasteiger partial charge in [-0.05, 0) is 37.1 Å². The van der Waals surface area contributed by atoms with Gasteiger partial charge >= 0.3 is 0 Å². The van der Waals surface area contributed by atoms with Gasteiger partial charge in [0.05, 0.1) is 21.6 Å². The predicted octanol–water partition coefficient (Wildman–Crippen LogP) is 3.77. The molecule has 0 bridgehead atoms. The van der Waals surface area contributed by atoms with E-state index in [4.69, 9.17) is 0 Å². The van der Waals surface area contributed by atoms with E-state index in [1.165, 1.54) is 0 Å². The molecular formula is C17H20O2S2. The van der Waals surface area contributed by atoms with E-state index >= 15 is 0 Å². The van der Waals surface area contributed by atoms with Crippen molar-refractivity contribution in [3.05, 3.63) is 60.7 Å². The smallest absolute Gasteiger partial charge is 0.0529 e. The van der Waals surface area contributed by atoms with Crippen LogP contribution in [-0.2, 0) is 21.6 Å². The third-order valence-electron chi connectivity index (χ3n) is 3.17. The fourth-order valence-electron chi connectivity index (χ4n) is 2.02. The lowest BCUT2D eigenvalue weighted by molar-refractivity contribution is 0.671. The minimum atomic E-state index is -0.909. The van der Waals surface area contributed by atoms with Crippen molar-refractivity contribution in [2.75, 3.05) is 11.5 Å². The van der Waals surface area contributed by atoms with Crippen LogP contribution >= 0.6 is 0 Å². The molecule has 2 aromatic carbocycles. The van der Waals surface area contributed by atoms with E-state index in [1.54, 1.807) is 0 Å². The average Bonchev–Trinajstić information content (AvgIpc) is 2.55. The Kier molecular flexibility index (Phi) is 6.83. The van der Waals surface area contributed by atoms with Gasteiger partial charge < -0.3 is 0 Å². The molecule has 0 aromatic heterocycles. The molecule has 0 aliphatic carbocycles. The monoisotopic (exact) mass is 320 g/mol. The van der Waals surface area contributed by atoms with E-state index in [0.717, 1.165) is 29.1 Å². The maximum Gasteiger partial charge on any atom is 0.0529 e. The first-order valence-electron chi connectivity index (χ1n) is 7.14. The van der Waals surface area contributed by atoms with Crippen molar-refractivity contribution >= 4 is 21.6 Å². The lowest BCUT2D eigenvalue weighted by atomic mass is 10.3. The molecule has 4 heteroatoms. The Morgan fingerprint density at radius 3 is 1.33 bits per heavy atom. The van der Waals surface area contributed by atoms with E-state index in [9.17, 15) is 8.42 Å². The molecular weight excluding hydrogens is 300 g/mol. The number of hydrogen-bond acceptors (Lipinski definition) is 2. The largest absolute Gasteiger partial charge is 0.254 e. The molecule has 21 heavy (non-hydrogen) atoms. The van der Waals surface area contributed by atoms with E-state index in [-0.39, 0.29) is 0 Å². The van der Waals surface area contributed by atoms with Gasteiger partial charge in [0.15, 0.2) is 0 Å². The quantitative estimate of drug-likeness (QED) is 0.694. The summed E-state index contributed by atoms with van der Waals surface area (Å²) in [7, 11) is -1.82. The molecule has 0 fully saturated rings. The molecule has 0 radical (unpaired) electrons. The van der Waals surface area contributed by atoms with Gasteiger partial charge in [0.2, 0.25) is 0 Å². The molecule has 2 aromatic rings. The summed E-state index contributed by atoms with van der Waals surface area (Å²) in [5, 5.41) is 0. The Hall–Kier alpha value is -1.26. The first-order chi connectivity index (χ1) is 10.3. The highest BCUT2D eigenvalue weighted by molar-refractivity contribution is 7.85. The zero-order valence-electron chi connectivity index (χ0n) is 11.9. The summed E-state index contributed by atoms with van der Waals surface area (Å²) in [5.41, 5.74) is 0. The molecule has 0 saturated heterocycles. The Labute approximate surface area is 131 Å². The highest BCUT2D eigenvalue weighted by Gasteiger charge is 2.04. The van der Waals surface area contributed by atoms with Crippen LogP contribution in [0, 0.1) is 0 Å². The zero-order chi connectivity index (χ0) is 14.9. The van der Waals surface area contributed by atoms with Gasteiger partial charge in [0, 0.05) is 21.3 Å².